The molecule has 16 heavy (non-hydrogen) atoms. The van der Waals surface area contributed by atoms with E-state index in [-0.39, 0.29) is 5.43 Å². The molecular formula is C12H11NO3. The fraction of sp³-hybridized carbons (Fsp3) is 0.167. The van der Waals surface area contributed by atoms with Crippen molar-refractivity contribution >= 4 is 16.9 Å². The molecule has 2 rings (SSSR count). The predicted molar refractivity (Wildman–Crippen MR) is 60.5 cm³/mol. The van der Waals surface area contributed by atoms with Crippen LogP contribution in [0.2, 0.25) is 0 Å². The Kier molecular flexibility index (Phi) is 2.72. The Morgan fingerprint density at radius 3 is 2.94 bits per heavy atom. The molecule has 2 aromatic rings. The second-order valence-corrected chi connectivity index (χ2v) is 3.29. The van der Waals surface area contributed by atoms with Crippen molar-refractivity contribution in [2.75, 3.05) is 6.61 Å². The maximum atomic E-state index is 11.7. The van der Waals surface area contributed by atoms with E-state index in [1.54, 1.807) is 31.3 Å². The van der Waals surface area contributed by atoms with Gasteiger partial charge in [-0.3, -0.25) is 4.79 Å². The lowest BCUT2D eigenvalue weighted by molar-refractivity contribution is 0.0528. The first kappa shape index (κ1) is 10.4. The first-order valence-corrected chi connectivity index (χ1v) is 5.01. The van der Waals surface area contributed by atoms with Crippen LogP contribution >= 0.6 is 0 Å². The molecule has 4 heteroatoms. The minimum atomic E-state index is -0.468. The Balaban J connectivity index is 2.70. The van der Waals surface area contributed by atoms with Gasteiger partial charge in [0.2, 0.25) is 0 Å². The maximum absolute atomic E-state index is 11.7. The average molecular weight is 217 g/mol. The molecule has 1 aromatic carbocycles. The van der Waals surface area contributed by atoms with Crippen molar-refractivity contribution in [3.05, 3.63) is 46.2 Å². The number of hydrogen-bond acceptors (Lipinski definition) is 3. The summed E-state index contributed by atoms with van der Waals surface area (Å²) in [5.41, 5.74) is 0.761. The number of pyridine rings is 1. The van der Waals surface area contributed by atoms with Gasteiger partial charge in [0.25, 0.3) is 0 Å². The number of hydrogen-bond donors (Lipinski definition) is 1. The van der Waals surface area contributed by atoms with E-state index in [4.69, 9.17) is 4.74 Å². The molecule has 0 aliphatic rings. The summed E-state index contributed by atoms with van der Waals surface area (Å²) in [6.45, 7) is 2.02. The number of ether oxygens (including phenoxy) is 1. The van der Waals surface area contributed by atoms with E-state index in [0.717, 1.165) is 0 Å². The molecule has 82 valence electrons. The molecule has 0 fully saturated rings. The number of esters is 1. The van der Waals surface area contributed by atoms with Crippen molar-refractivity contribution in [1.82, 2.24) is 4.98 Å². The molecule has 1 N–H and O–H groups in total. The fourth-order valence-corrected chi connectivity index (χ4v) is 1.61. The molecule has 1 aromatic heterocycles. The average Bonchev–Trinajstić information content (AvgIpc) is 2.29. The minimum Gasteiger partial charge on any atom is -0.462 e. The number of H-pyrrole nitrogens is 1. The van der Waals surface area contributed by atoms with Gasteiger partial charge in [-0.2, -0.15) is 0 Å². The van der Waals surface area contributed by atoms with Crippen LogP contribution < -0.4 is 5.43 Å². The van der Waals surface area contributed by atoms with Gasteiger partial charge in [-0.05, 0) is 19.1 Å². The quantitative estimate of drug-likeness (QED) is 0.779. The summed E-state index contributed by atoms with van der Waals surface area (Å²) in [5.74, 6) is -0.468. The summed E-state index contributed by atoms with van der Waals surface area (Å²) in [4.78, 5) is 26.2. The van der Waals surface area contributed by atoms with Gasteiger partial charge < -0.3 is 9.72 Å². The number of nitrogens with one attached hydrogen (secondary N) is 1. The van der Waals surface area contributed by atoms with E-state index in [9.17, 15) is 9.59 Å². The Bertz CT molecular complexity index is 581. The summed E-state index contributed by atoms with van der Waals surface area (Å²) in [6.07, 6.45) is 1.56. The third kappa shape index (κ3) is 1.69. The monoisotopic (exact) mass is 217 g/mol. The number of carbonyl (C=O) groups is 1. The van der Waals surface area contributed by atoms with Crippen LogP contribution in [0, 0.1) is 0 Å². The zero-order valence-corrected chi connectivity index (χ0v) is 8.82. The Labute approximate surface area is 91.9 Å². The summed E-state index contributed by atoms with van der Waals surface area (Å²) in [6, 6.07) is 6.45. The van der Waals surface area contributed by atoms with Crippen molar-refractivity contribution in [1.29, 1.82) is 0 Å². The van der Waals surface area contributed by atoms with Gasteiger partial charge in [0.05, 0.1) is 23.1 Å². The Morgan fingerprint density at radius 1 is 1.38 bits per heavy atom. The molecule has 1 heterocycles. The van der Waals surface area contributed by atoms with Gasteiger partial charge in [-0.15, -0.1) is 0 Å². The topological polar surface area (TPSA) is 59.2 Å². The van der Waals surface area contributed by atoms with Gasteiger partial charge in [-0.1, -0.05) is 6.07 Å². The first-order valence-electron chi connectivity index (χ1n) is 5.01. The standard InChI is InChI=1S/C12H11NO3/c1-2-16-12(15)8-4-3-5-9-11(8)10(14)6-7-13-9/h3-7H,2H2,1H3,(H,13,14). The molecule has 0 radical (unpaired) electrons. The number of rotatable bonds is 2. The highest BCUT2D eigenvalue weighted by Gasteiger charge is 2.12. The molecule has 0 saturated carbocycles. The molecule has 0 aliphatic heterocycles. The maximum Gasteiger partial charge on any atom is 0.338 e. The predicted octanol–water partition coefficient (Wildman–Crippen LogP) is 1.70. The molecule has 0 saturated heterocycles. The van der Waals surface area contributed by atoms with Crippen LogP contribution in [-0.2, 0) is 4.74 Å². The highest BCUT2D eigenvalue weighted by atomic mass is 16.5. The zero-order valence-electron chi connectivity index (χ0n) is 8.82. The fourth-order valence-electron chi connectivity index (χ4n) is 1.61. The lowest BCUT2D eigenvalue weighted by Crippen LogP contribution is -2.11. The lowest BCUT2D eigenvalue weighted by atomic mass is 10.1. The minimum absolute atomic E-state index is 0.183. The molecule has 0 spiro atoms. The molecule has 0 aliphatic carbocycles. The molecule has 0 unspecified atom stereocenters. The van der Waals surface area contributed by atoms with E-state index >= 15 is 0 Å². The first-order chi connectivity index (χ1) is 7.74. The van der Waals surface area contributed by atoms with Crippen molar-refractivity contribution in [3.8, 4) is 0 Å². The van der Waals surface area contributed by atoms with E-state index in [0.29, 0.717) is 23.1 Å². The van der Waals surface area contributed by atoms with Crippen molar-refractivity contribution in [2.45, 2.75) is 6.92 Å². The number of benzene rings is 1. The lowest BCUT2D eigenvalue weighted by Gasteiger charge is -2.04. The van der Waals surface area contributed by atoms with Crippen LogP contribution in [0.4, 0.5) is 0 Å². The van der Waals surface area contributed by atoms with E-state index in [1.807, 2.05) is 0 Å². The number of aromatic nitrogens is 1. The van der Waals surface area contributed by atoms with Crippen LogP contribution in [0.15, 0.2) is 35.3 Å². The van der Waals surface area contributed by atoms with E-state index in [2.05, 4.69) is 4.98 Å². The number of fused-ring (bicyclic) bond motifs is 1. The van der Waals surface area contributed by atoms with Gasteiger partial charge in [0, 0.05) is 12.3 Å². The van der Waals surface area contributed by atoms with Gasteiger partial charge in [-0.25, -0.2) is 4.79 Å². The van der Waals surface area contributed by atoms with Gasteiger partial charge in [0.15, 0.2) is 5.43 Å². The molecule has 0 atom stereocenters. The summed E-state index contributed by atoms with van der Waals surface area (Å²) in [7, 11) is 0. The smallest absolute Gasteiger partial charge is 0.338 e. The highest BCUT2D eigenvalue weighted by molar-refractivity contribution is 6.03. The van der Waals surface area contributed by atoms with Crippen molar-refractivity contribution in [2.24, 2.45) is 0 Å². The van der Waals surface area contributed by atoms with Gasteiger partial charge >= 0.3 is 5.97 Å². The van der Waals surface area contributed by atoms with Crippen LogP contribution in [0.5, 0.6) is 0 Å². The number of carbonyl (C=O) groups excluding carboxylic acids is 1. The Morgan fingerprint density at radius 2 is 2.19 bits per heavy atom. The van der Waals surface area contributed by atoms with Crippen molar-refractivity contribution < 1.29 is 9.53 Å². The van der Waals surface area contributed by atoms with Crippen LogP contribution in [0.25, 0.3) is 10.9 Å². The van der Waals surface area contributed by atoms with E-state index in [1.165, 1.54) is 6.07 Å². The van der Waals surface area contributed by atoms with Crippen molar-refractivity contribution in [3.63, 3.8) is 0 Å². The second kappa shape index (κ2) is 4.18. The molecule has 4 nitrogen and oxygen atoms in total. The summed E-state index contributed by atoms with van der Waals surface area (Å²) >= 11 is 0. The Hall–Kier alpha value is -2.10. The van der Waals surface area contributed by atoms with Crippen LogP contribution in [0.1, 0.15) is 17.3 Å². The largest absolute Gasteiger partial charge is 0.462 e. The normalized spacial score (nSPS) is 10.3. The zero-order chi connectivity index (χ0) is 11.5. The molecular weight excluding hydrogens is 206 g/mol. The van der Waals surface area contributed by atoms with E-state index < -0.39 is 5.97 Å². The molecule has 0 amide bonds. The summed E-state index contributed by atoms with van der Waals surface area (Å²) < 4.78 is 4.90. The molecule has 0 bridgehead atoms. The highest BCUT2D eigenvalue weighted by Crippen LogP contribution is 2.13. The third-order valence-corrected chi connectivity index (χ3v) is 2.28. The second-order valence-electron chi connectivity index (χ2n) is 3.29. The van der Waals surface area contributed by atoms with Gasteiger partial charge in [0.1, 0.15) is 0 Å². The third-order valence-electron chi connectivity index (χ3n) is 2.28. The van der Waals surface area contributed by atoms with Crippen LogP contribution in [0.3, 0.4) is 0 Å². The number of aromatic amines is 1. The SMILES string of the molecule is CCOC(=O)c1cccc2[nH]ccc(=O)c12. The summed E-state index contributed by atoms with van der Waals surface area (Å²) in [5, 5.41) is 0.378. The van der Waals surface area contributed by atoms with Crippen LogP contribution in [-0.4, -0.2) is 17.6 Å².